The molecule has 2 fully saturated rings. The Morgan fingerprint density at radius 1 is 1.06 bits per heavy atom. The lowest BCUT2D eigenvalue weighted by molar-refractivity contribution is -0.133. The van der Waals surface area contributed by atoms with Crippen LogP contribution in [0.25, 0.3) is 10.9 Å². The number of primary amides is 2. The van der Waals surface area contributed by atoms with Crippen molar-refractivity contribution in [2.75, 3.05) is 19.3 Å². The van der Waals surface area contributed by atoms with Crippen molar-refractivity contribution in [2.45, 2.75) is 24.7 Å². The van der Waals surface area contributed by atoms with Crippen LogP contribution < -0.4 is 16.2 Å². The summed E-state index contributed by atoms with van der Waals surface area (Å²) in [7, 11) is -3.20. The summed E-state index contributed by atoms with van der Waals surface area (Å²) in [5.41, 5.74) is 12.2. The molecule has 1 saturated carbocycles. The molecule has 3 aromatic rings. The molecule has 2 aromatic carbocycles. The van der Waals surface area contributed by atoms with Crippen molar-refractivity contribution in [3.63, 3.8) is 0 Å². The van der Waals surface area contributed by atoms with Crippen LogP contribution in [0.1, 0.15) is 35.8 Å². The smallest absolute Gasteiger partial charge is 0.233 e. The third-order valence-electron chi connectivity index (χ3n) is 7.17. The first kappa shape index (κ1) is 23.3. The molecular weight excluding hydrogens is 468 g/mol. The maximum Gasteiger partial charge on any atom is 0.233 e. The van der Waals surface area contributed by atoms with Gasteiger partial charge in [-0.3, -0.25) is 14.6 Å². The number of nitrogens with two attached hydrogens (primary N) is 2. The minimum absolute atomic E-state index is 0.128. The quantitative estimate of drug-likeness (QED) is 0.482. The molecular formula is C25H26N4O5S. The SMILES string of the molecule is CS(=O)(=O)N1CCC(c2ccc3c(Oc4ccc(C5CC5(C(N)=O)C(N)=O)cc4)ccnc3c2)C1. The Balaban J connectivity index is 1.34. The largest absolute Gasteiger partial charge is 0.457 e. The molecule has 10 heteroatoms. The predicted molar refractivity (Wildman–Crippen MR) is 130 cm³/mol. The van der Waals surface area contributed by atoms with Crippen molar-refractivity contribution in [3.8, 4) is 11.5 Å². The summed E-state index contributed by atoms with van der Waals surface area (Å²) in [5.74, 6) is -0.355. The molecule has 35 heavy (non-hydrogen) atoms. The summed E-state index contributed by atoms with van der Waals surface area (Å²) in [6.45, 7) is 0.996. The number of hydrogen-bond acceptors (Lipinski definition) is 6. The van der Waals surface area contributed by atoms with Gasteiger partial charge in [0.05, 0.1) is 11.8 Å². The van der Waals surface area contributed by atoms with Crippen LogP contribution in [-0.2, 0) is 19.6 Å². The van der Waals surface area contributed by atoms with E-state index >= 15 is 0 Å². The third kappa shape index (κ3) is 4.12. The van der Waals surface area contributed by atoms with Crippen LogP contribution in [0.5, 0.6) is 11.5 Å². The monoisotopic (exact) mass is 494 g/mol. The molecule has 2 amide bonds. The van der Waals surface area contributed by atoms with Crippen LogP contribution in [0.4, 0.5) is 0 Å². The van der Waals surface area contributed by atoms with E-state index in [9.17, 15) is 18.0 Å². The average molecular weight is 495 g/mol. The molecule has 5 rings (SSSR count). The Hall–Kier alpha value is -3.50. The molecule has 1 aromatic heterocycles. The van der Waals surface area contributed by atoms with E-state index in [1.54, 1.807) is 24.4 Å². The van der Waals surface area contributed by atoms with Gasteiger partial charge in [0.25, 0.3) is 0 Å². The first-order valence-electron chi connectivity index (χ1n) is 11.3. The number of fused-ring (bicyclic) bond motifs is 1. The van der Waals surface area contributed by atoms with Crippen LogP contribution in [0, 0.1) is 5.41 Å². The molecule has 0 bridgehead atoms. The number of nitrogens with zero attached hydrogens (tertiary/aromatic N) is 2. The van der Waals surface area contributed by atoms with Gasteiger partial charge in [-0.25, -0.2) is 12.7 Å². The zero-order valence-corrected chi connectivity index (χ0v) is 20.0. The van der Waals surface area contributed by atoms with Crippen LogP contribution in [-0.4, -0.2) is 48.9 Å². The van der Waals surface area contributed by atoms with Crippen LogP contribution in [0.3, 0.4) is 0 Å². The van der Waals surface area contributed by atoms with E-state index in [1.807, 2.05) is 30.3 Å². The second-order valence-corrected chi connectivity index (χ2v) is 11.3. The fraction of sp³-hybridized carbons (Fsp3) is 0.320. The number of carbonyl (C=O) groups excluding carboxylic acids is 2. The number of aromatic nitrogens is 1. The van der Waals surface area contributed by atoms with Gasteiger partial charge >= 0.3 is 0 Å². The number of carbonyl (C=O) groups is 2. The van der Waals surface area contributed by atoms with Crippen LogP contribution >= 0.6 is 0 Å². The number of hydrogen-bond donors (Lipinski definition) is 2. The van der Waals surface area contributed by atoms with E-state index < -0.39 is 27.3 Å². The molecule has 2 unspecified atom stereocenters. The van der Waals surface area contributed by atoms with Crippen LogP contribution in [0.15, 0.2) is 54.7 Å². The molecule has 9 nitrogen and oxygen atoms in total. The molecule has 2 atom stereocenters. The van der Waals surface area contributed by atoms with Gasteiger partial charge in [0.1, 0.15) is 16.9 Å². The molecule has 1 saturated heterocycles. The summed E-state index contributed by atoms with van der Waals surface area (Å²) in [6, 6.07) is 14.9. The van der Waals surface area contributed by atoms with E-state index in [0.717, 1.165) is 28.5 Å². The first-order valence-corrected chi connectivity index (χ1v) is 13.2. The minimum Gasteiger partial charge on any atom is -0.457 e. The first-order chi connectivity index (χ1) is 16.6. The number of sulfonamides is 1. The lowest BCUT2D eigenvalue weighted by Gasteiger charge is -2.15. The van der Waals surface area contributed by atoms with Crippen molar-refractivity contribution >= 4 is 32.7 Å². The average Bonchev–Trinajstić information content (AvgIpc) is 3.39. The summed E-state index contributed by atoms with van der Waals surface area (Å²) in [5, 5.41) is 0.835. The number of amides is 2. The Morgan fingerprint density at radius 3 is 2.34 bits per heavy atom. The normalized spacial score (nSPS) is 21.6. The molecule has 0 spiro atoms. The molecule has 182 valence electrons. The van der Waals surface area contributed by atoms with Gasteiger partial charge in [0, 0.05) is 30.6 Å². The molecule has 2 aliphatic rings. The lowest BCUT2D eigenvalue weighted by Crippen LogP contribution is -2.38. The number of benzene rings is 2. The lowest BCUT2D eigenvalue weighted by atomic mass is 9.97. The number of ether oxygens (including phenoxy) is 1. The van der Waals surface area contributed by atoms with E-state index in [2.05, 4.69) is 4.98 Å². The highest BCUT2D eigenvalue weighted by Crippen LogP contribution is 2.59. The second-order valence-electron chi connectivity index (χ2n) is 9.32. The molecule has 2 heterocycles. The maximum absolute atomic E-state index is 11.9. The van der Waals surface area contributed by atoms with Gasteiger partial charge in [-0.1, -0.05) is 18.2 Å². The third-order valence-corrected chi connectivity index (χ3v) is 8.44. The summed E-state index contributed by atoms with van der Waals surface area (Å²) < 4.78 is 31.3. The minimum atomic E-state index is -3.20. The standard InChI is InChI=1S/C25H26N4O5S/c1-35(32,33)29-11-9-17(14-29)16-4-7-19-21(12-16)28-10-8-22(19)34-18-5-2-15(3-6-18)20-13-25(20,23(26)30)24(27)31/h2-8,10,12,17,20H,9,11,13-14H2,1H3,(H2,26,30)(H2,27,31). The zero-order chi connectivity index (χ0) is 25.0. The Kier molecular flexibility index (Phi) is 5.52. The molecule has 4 N–H and O–H groups in total. The number of pyridine rings is 1. The Bertz CT molecular complexity index is 1420. The topological polar surface area (TPSA) is 146 Å². The Labute approximate surface area is 203 Å². The van der Waals surface area contributed by atoms with E-state index in [1.165, 1.54) is 10.6 Å². The highest BCUT2D eigenvalue weighted by molar-refractivity contribution is 7.88. The van der Waals surface area contributed by atoms with Gasteiger partial charge in [-0.2, -0.15) is 0 Å². The fourth-order valence-electron chi connectivity index (χ4n) is 5.01. The zero-order valence-electron chi connectivity index (χ0n) is 19.2. The molecule has 0 radical (unpaired) electrons. The molecule has 1 aliphatic carbocycles. The van der Waals surface area contributed by atoms with Gasteiger partial charge in [0.2, 0.25) is 21.8 Å². The summed E-state index contributed by atoms with van der Waals surface area (Å²) >= 11 is 0. The van der Waals surface area contributed by atoms with Crippen molar-refractivity contribution in [3.05, 3.63) is 65.9 Å². The van der Waals surface area contributed by atoms with Crippen molar-refractivity contribution < 1.29 is 22.7 Å². The fourth-order valence-corrected chi connectivity index (χ4v) is 5.90. The van der Waals surface area contributed by atoms with E-state index in [4.69, 9.17) is 16.2 Å². The van der Waals surface area contributed by atoms with E-state index in [0.29, 0.717) is 31.0 Å². The highest BCUT2D eigenvalue weighted by Gasteiger charge is 2.64. The predicted octanol–water partition coefficient (Wildman–Crippen LogP) is 2.22. The van der Waals surface area contributed by atoms with Crippen LogP contribution in [0.2, 0.25) is 0 Å². The Morgan fingerprint density at radius 2 is 1.74 bits per heavy atom. The van der Waals surface area contributed by atoms with Crippen molar-refractivity contribution in [1.29, 1.82) is 0 Å². The van der Waals surface area contributed by atoms with Gasteiger partial charge in [-0.15, -0.1) is 0 Å². The van der Waals surface area contributed by atoms with Crippen molar-refractivity contribution in [2.24, 2.45) is 16.9 Å². The van der Waals surface area contributed by atoms with Gasteiger partial charge in [-0.05, 0) is 60.2 Å². The van der Waals surface area contributed by atoms with Crippen molar-refractivity contribution in [1.82, 2.24) is 9.29 Å². The maximum atomic E-state index is 11.9. The summed E-state index contributed by atoms with van der Waals surface area (Å²) in [4.78, 5) is 28.0. The van der Waals surface area contributed by atoms with Gasteiger partial charge in [0.15, 0.2) is 0 Å². The second kappa shape index (κ2) is 8.31. The summed E-state index contributed by atoms with van der Waals surface area (Å²) in [6.07, 6.45) is 4.00. The molecule has 1 aliphatic heterocycles. The van der Waals surface area contributed by atoms with Gasteiger partial charge < -0.3 is 16.2 Å². The highest BCUT2D eigenvalue weighted by atomic mass is 32.2. The van der Waals surface area contributed by atoms with E-state index in [-0.39, 0.29) is 11.8 Å². The number of rotatable bonds is 7.